The van der Waals surface area contributed by atoms with Crippen LogP contribution in [0.15, 0.2) is 12.7 Å². The van der Waals surface area contributed by atoms with Crippen molar-refractivity contribution in [2.24, 2.45) is 0 Å². The van der Waals surface area contributed by atoms with Crippen molar-refractivity contribution < 1.29 is 0 Å². The molecular weight excluding hydrogens is 187 g/mol. The molecule has 0 N–H and O–H groups in total. The normalized spacial score (nSPS) is 6.40. The van der Waals surface area contributed by atoms with Crippen LogP contribution in [0.25, 0.3) is 0 Å². The monoisotopic (exact) mass is 193 g/mol. The average molecular weight is 192 g/mol. The first-order chi connectivity index (χ1) is 2.41. The van der Waals surface area contributed by atoms with E-state index in [2.05, 4.69) is 6.58 Å². The summed E-state index contributed by atoms with van der Waals surface area (Å²) in [7, 11) is 4.75. The summed E-state index contributed by atoms with van der Waals surface area (Å²) in [5.41, 5.74) is 0. The maximum atomic E-state index is 4.75. The molecule has 27 valence electrons. The van der Waals surface area contributed by atoms with E-state index in [1.165, 1.54) is 0 Å². The number of allylic oxidation sites excluding steroid dienone is 1. The minimum absolute atomic E-state index is 0.329. The molecule has 1 radical (unpaired) electrons. The van der Waals surface area contributed by atoms with Gasteiger partial charge in [0.2, 0.25) is 0 Å². The molecule has 0 unspecified atom stereocenters. The van der Waals surface area contributed by atoms with Crippen molar-refractivity contribution in [1.29, 1.82) is 0 Å². The second-order valence-electron chi connectivity index (χ2n) is 0.637. The first-order valence-corrected chi connectivity index (χ1v) is 7.30. The molecule has 0 aliphatic heterocycles. The van der Waals surface area contributed by atoms with E-state index in [0.717, 1.165) is 4.44 Å². The molecule has 0 saturated carbocycles. The summed E-state index contributed by atoms with van der Waals surface area (Å²) in [5, 5.41) is 0. The van der Waals surface area contributed by atoms with Gasteiger partial charge in [0.25, 0.3) is 0 Å². The van der Waals surface area contributed by atoms with Crippen molar-refractivity contribution in [2.75, 3.05) is 0 Å². The number of rotatable bonds is 2. The molecule has 0 aliphatic carbocycles. The zero-order valence-corrected chi connectivity index (χ0v) is 6.57. The molecule has 0 heterocycles. The first kappa shape index (κ1) is 5.76. The van der Waals surface area contributed by atoms with Gasteiger partial charge in [-0.1, -0.05) is 0 Å². The van der Waals surface area contributed by atoms with Gasteiger partial charge in [0, 0.05) is 0 Å². The molecular formula is C3H5SSn. The van der Waals surface area contributed by atoms with Gasteiger partial charge in [-0.15, -0.1) is 0 Å². The van der Waals surface area contributed by atoms with Crippen molar-refractivity contribution in [3.05, 3.63) is 12.7 Å². The van der Waals surface area contributed by atoms with E-state index in [0.29, 0.717) is 0 Å². The Hall–Kier alpha value is 0.759. The van der Waals surface area contributed by atoms with E-state index in [9.17, 15) is 0 Å². The maximum absolute atomic E-state index is 4.75. The molecule has 0 nitrogen and oxygen atoms in total. The van der Waals surface area contributed by atoms with Crippen LogP contribution in [-0.4, -0.2) is 19.2 Å². The summed E-state index contributed by atoms with van der Waals surface area (Å²) in [5.74, 6) is 0. The van der Waals surface area contributed by atoms with Crippen LogP contribution in [0.3, 0.4) is 0 Å². The van der Waals surface area contributed by atoms with Crippen molar-refractivity contribution in [3.63, 3.8) is 0 Å². The van der Waals surface area contributed by atoms with Crippen LogP contribution in [0.2, 0.25) is 4.44 Å². The molecule has 2 heteroatoms. The summed E-state index contributed by atoms with van der Waals surface area (Å²) in [6.07, 6.45) is 1.90. The van der Waals surface area contributed by atoms with Crippen LogP contribution in [-0.2, 0) is 0 Å². The predicted octanol–water partition coefficient (Wildman–Crippen LogP) is 1.41. The number of hydrogen-bond donors (Lipinski definition) is 0. The fourth-order valence-electron chi connectivity index (χ4n) is 0.0589. The van der Waals surface area contributed by atoms with E-state index in [4.69, 9.17) is 9.29 Å². The van der Waals surface area contributed by atoms with E-state index in [1.807, 2.05) is 6.08 Å². The van der Waals surface area contributed by atoms with Gasteiger partial charge >= 0.3 is 45.6 Å². The standard InChI is InChI=1S/C3H5.S.Sn/c1-3-2;;/h3H,1-2H2;;. The summed E-state index contributed by atoms with van der Waals surface area (Å²) in [4.78, 5) is 0. The topological polar surface area (TPSA) is 0 Å². The quantitative estimate of drug-likeness (QED) is 0.470. The van der Waals surface area contributed by atoms with E-state index in [-0.39, 0.29) is 19.2 Å². The fraction of sp³-hybridized carbons (Fsp3) is 0.333. The molecule has 0 bridgehead atoms. The Balaban J connectivity index is 2.65. The Kier molecular flexibility index (Phi) is 5.48. The van der Waals surface area contributed by atoms with Gasteiger partial charge in [0.15, 0.2) is 0 Å². The minimum atomic E-state index is -0.329. The molecule has 0 fully saturated rings. The third-order valence-corrected chi connectivity index (χ3v) is 2.65. The molecule has 0 aromatic heterocycles. The molecule has 0 atom stereocenters. The Morgan fingerprint density at radius 2 is 2.60 bits per heavy atom. The van der Waals surface area contributed by atoms with Gasteiger partial charge in [0.1, 0.15) is 0 Å². The summed E-state index contributed by atoms with van der Waals surface area (Å²) < 4.78 is 1.14. The van der Waals surface area contributed by atoms with Gasteiger partial charge in [0.05, 0.1) is 0 Å². The predicted molar refractivity (Wildman–Crippen MR) is 28.3 cm³/mol. The first-order valence-electron chi connectivity index (χ1n) is 1.37. The second-order valence-corrected chi connectivity index (χ2v) is 4.56. The summed E-state index contributed by atoms with van der Waals surface area (Å²) in [6, 6.07) is 0. The van der Waals surface area contributed by atoms with Gasteiger partial charge in [-0.2, -0.15) is 0 Å². The second kappa shape index (κ2) is 4.76. The van der Waals surface area contributed by atoms with Gasteiger partial charge < -0.3 is 0 Å². The van der Waals surface area contributed by atoms with Crippen molar-refractivity contribution in [3.8, 4) is 0 Å². The van der Waals surface area contributed by atoms with Gasteiger partial charge in [-0.05, 0) is 0 Å². The van der Waals surface area contributed by atoms with E-state index >= 15 is 0 Å². The SMILES string of the molecule is C=C[CH2][Sn]=[S]. The zero-order valence-electron chi connectivity index (χ0n) is 2.90. The number of hydrogen-bond acceptors (Lipinski definition) is 1. The van der Waals surface area contributed by atoms with Crippen LogP contribution in [0.5, 0.6) is 0 Å². The van der Waals surface area contributed by atoms with Gasteiger partial charge in [-0.25, -0.2) is 0 Å². The third-order valence-electron chi connectivity index (χ3n) is 0.228. The average Bonchev–Trinajstić information content (AvgIpc) is 1.41. The Morgan fingerprint density at radius 1 is 2.00 bits per heavy atom. The molecule has 0 amide bonds. The fourth-order valence-corrected chi connectivity index (χ4v) is 1.19. The Labute approximate surface area is 45.6 Å². The molecule has 0 aliphatic rings. The molecule has 0 saturated heterocycles. The Bertz CT molecular complexity index is 36.2. The summed E-state index contributed by atoms with van der Waals surface area (Å²) >= 11 is -0.329. The summed E-state index contributed by atoms with van der Waals surface area (Å²) in [6.45, 7) is 3.53. The molecule has 5 heavy (non-hydrogen) atoms. The Morgan fingerprint density at radius 3 is 2.60 bits per heavy atom. The molecule has 0 spiro atoms. The van der Waals surface area contributed by atoms with Crippen molar-refractivity contribution in [2.45, 2.75) is 4.44 Å². The van der Waals surface area contributed by atoms with Crippen LogP contribution < -0.4 is 0 Å². The van der Waals surface area contributed by atoms with Crippen LogP contribution >= 0.6 is 9.29 Å². The van der Waals surface area contributed by atoms with Crippen LogP contribution in [0.1, 0.15) is 0 Å². The third kappa shape index (κ3) is 4.76. The van der Waals surface area contributed by atoms with Gasteiger partial charge in [-0.3, -0.25) is 0 Å². The van der Waals surface area contributed by atoms with Crippen LogP contribution in [0, 0.1) is 0 Å². The molecule has 0 rings (SSSR count). The zero-order chi connectivity index (χ0) is 4.12. The van der Waals surface area contributed by atoms with Crippen molar-refractivity contribution >= 4 is 28.5 Å². The molecule has 0 aromatic rings. The van der Waals surface area contributed by atoms with Crippen LogP contribution in [0.4, 0.5) is 0 Å². The van der Waals surface area contributed by atoms with E-state index < -0.39 is 0 Å². The van der Waals surface area contributed by atoms with Crippen molar-refractivity contribution in [1.82, 2.24) is 0 Å². The molecule has 0 aromatic carbocycles. The van der Waals surface area contributed by atoms with E-state index in [1.54, 1.807) is 0 Å².